The molecule has 0 spiro atoms. The van der Waals surface area contributed by atoms with E-state index in [0.717, 1.165) is 43.1 Å². The zero-order chi connectivity index (χ0) is 31.7. The van der Waals surface area contributed by atoms with Crippen LogP contribution in [0.15, 0.2) is 72.8 Å². The molecule has 0 unspecified atom stereocenters. The Morgan fingerprint density at radius 2 is 1.66 bits per heavy atom. The highest BCUT2D eigenvalue weighted by Crippen LogP contribution is 2.30. The lowest BCUT2D eigenvalue weighted by atomic mass is 10.0. The molecule has 44 heavy (non-hydrogen) atoms. The van der Waals surface area contributed by atoms with E-state index in [1.165, 1.54) is 17.5 Å². The fourth-order valence-electron chi connectivity index (χ4n) is 5.55. The number of amides is 2. The topological polar surface area (TPSA) is 96.0 Å². The van der Waals surface area contributed by atoms with Gasteiger partial charge >= 0.3 is 0 Å². The van der Waals surface area contributed by atoms with E-state index < -0.39 is 16.1 Å². The largest absolute Gasteiger partial charge is 0.495 e. The number of hydrogen-bond acceptors (Lipinski definition) is 5. The predicted octanol–water partition coefficient (Wildman–Crippen LogP) is 6.25. The van der Waals surface area contributed by atoms with Gasteiger partial charge in [-0.3, -0.25) is 13.9 Å². The van der Waals surface area contributed by atoms with Gasteiger partial charge in [0.15, 0.2) is 0 Å². The van der Waals surface area contributed by atoms with Crippen LogP contribution in [0.25, 0.3) is 0 Å². The number of anilines is 1. The van der Waals surface area contributed by atoms with E-state index >= 15 is 0 Å². The van der Waals surface area contributed by atoms with Crippen LogP contribution >= 0.6 is 23.2 Å². The minimum absolute atomic E-state index is 0.0162. The lowest BCUT2D eigenvalue weighted by Crippen LogP contribution is -2.52. The summed E-state index contributed by atoms with van der Waals surface area (Å²) in [4.78, 5) is 29.5. The molecule has 0 saturated heterocycles. The third-order valence-corrected chi connectivity index (χ3v) is 9.70. The molecule has 0 heterocycles. The monoisotopic (exact) mass is 659 g/mol. The minimum atomic E-state index is -3.68. The van der Waals surface area contributed by atoms with Crippen LogP contribution in [0.4, 0.5) is 5.69 Å². The van der Waals surface area contributed by atoms with Gasteiger partial charge in [0, 0.05) is 37.0 Å². The number of rotatable bonds is 14. The van der Waals surface area contributed by atoms with Crippen molar-refractivity contribution in [2.24, 2.45) is 0 Å². The van der Waals surface area contributed by atoms with Gasteiger partial charge in [-0.2, -0.15) is 0 Å². The lowest BCUT2D eigenvalue weighted by Gasteiger charge is -2.33. The molecule has 4 rings (SSSR count). The molecule has 8 nitrogen and oxygen atoms in total. The first-order valence-electron chi connectivity index (χ1n) is 14.7. The molecule has 1 aliphatic carbocycles. The van der Waals surface area contributed by atoms with Crippen LogP contribution in [0.1, 0.15) is 49.7 Å². The van der Waals surface area contributed by atoms with Crippen molar-refractivity contribution in [3.63, 3.8) is 0 Å². The van der Waals surface area contributed by atoms with E-state index in [0.29, 0.717) is 22.9 Å². The zero-order valence-corrected chi connectivity index (χ0v) is 27.4. The van der Waals surface area contributed by atoms with Crippen LogP contribution < -0.4 is 14.4 Å². The van der Waals surface area contributed by atoms with Crippen LogP contribution in [-0.4, -0.2) is 57.1 Å². The highest BCUT2D eigenvalue weighted by atomic mass is 35.5. The van der Waals surface area contributed by atoms with E-state index in [2.05, 4.69) is 5.32 Å². The third kappa shape index (κ3) is 9.13. The average Bonchev–Trinajstić information content (AvgIpc) is 3.50. The summed E-state index contributed by atoms with van der Waals surface area (Å²) in [6.45, 7) is 0.183. The number of sulfonamides is 1. The number of carbonyl (C=O) groups excluding carboxylic acids is 2. The number of nitrogens with one attached hydrogen (secondary N) is 1. The van der Waals surface area contributed by atoms with Crippen LogP contribution in [0.2, 0.25) is 10.0 Å². The molecule has 0 bridgehead atoms. The first-order chi connectivity index (χ1) is 21.1. The SMILES string of the molecule is COc1ccc(N(CCCC(=O)N(Cc2ccccc2Cl)[C@@H](Cc2ccccc2)C(=O)NC2CCCC2)S(C)(=O)=O)cc1Cl. The summed E-state index contributed by atoms with van der Waals surface area (Å²) in [5.74, 6) is -0.0463. The molecule has 0 radical (unpaired) electrons. The van der Waals surface area contributed by atoms with E-state index in [4.69, 9.17) is 27.9 Å². The van der Waals surface area contributed by atoms with E-state index in [1.54, 1.807) is 23.1 Å². The molecule has 3 aromatic rings. The number of hydrogen-bond donors (Lipinski definition) is 1. The van der Waals surface area contributed by atoms with E-state index in [-0.39, 0.29) is 48.8 Å². The summed E-state index contributed by atoms with van der Waals surface area (Å²) in [5.41, 5.74) is 2.02. The summed E-state index contributed by atoms with van der Waals surface area (Å²) < 4.78 is 31.9. The molecule has 2 amide bonds. The number of nitrogens with zero attached hydrogens (tertiary/aromatic N) is 2. The number of halogens is 2. The molecule has 1 fully saturated rings. The maximum atomic E-state index is 14.0. The van der Waals surface area contributed by atoms with Gasteiger partial charge in [0.25, 0.3) is 0 Å². The normalized spacial score (nSPS) is 14.2. The first kappa shape index (κ1) is 33.6. The van der Waals surface area contributed by atoms with Crippen LogP contribution in [0.5, 0.6) is 5.75 Å². The van der Waals surface area contributed by atoms with Gasteiger partial charge in [-0.05, 0) is 54.7 Å². The number of benzene rings is 3. The molecule has 3 aromatic carbocycles. The fourth-order valence-corrected chi connectivity index (χ4v) is 6.95. The minimum Gasteiger partial charge on any atom is -0.495 e. The third-order valence-electron chi connectivity index (χ3n) is 7.85. The Balaban J connectivity index is 1.59. The molecule has 0 aromatic heterocycles. The van der Waals surface area contributed by atoms with Crippen molar-refractivity contribution >= 4 is 50.7 Å². The highest BCUT2D eigenvalue weighted by Gasteiger charge is 2.32. The maximum absolute atomic E-state index is 14.0. The second kappa shape index (κ2) is 15.6. The Kier molecular flexibility index (Phi) is 11.9. The predicted molar refractivity (Wildman–Crippen MR) is 176 cm³/mol. The van der Waals surface area contributed by atoms with Gasteiger partial charge < -0.3 is 15.0 Å². The molecule has 11 heteroatoms. The molecule has 1 N–H and O–H groups in total. The van der Waals surface area contributed by atoms with Crippen molar-refractivity contribution in [3.05, 3.63) is 94.0 Å². The number of methoxy groups -OCH3 is 1. The first-order valence-corrected chi connectivity index (χ1v) is 17.4. The standard InChI is InChI=1S/C33H39Cl2N3O5S/c1-43-31-19-18-27(22-29(31)35)38(44(2,41)42)20-10-17-32(39)37(23-25-13-6-9-16-28(25)34)30(21-24-11-4-3-5-12-24)33(40)36-26-14-7-8-15-26/h3-6,9,11-13,16,18-19,22,26,30H,7-8,10,14-15,17,20-21,23H2,1-2H3,(H,36,40)/t30-/m0/s1. The highest BCUT2D eigenvalue weighted by molar-refractivity contribution is 7.92. The van der Waals surface area contributed by atoms with Crippen LogP contribution in [-0.2, 0) is 32.6 Å². The van der Waals surface area contributed by atoms with Crippen molar-refractivity contribution in [2.45, 2.75) is 63.6 Å². The quantitative estimate of drug-likeness (QED) is 0.221. The number of ether oxygens (including phenoxy) is 1. The molecule has 0 aliphatic heterocycles. The summed E-state index contributed by atoms with van der Waals surface area (Å²) in [7, 11) is -2.20. The molecular weight excluding hydrogens is 621 g/mol. The van der Waals surface area contributed by atoms with Gasteiger partial charge in [0.1, 0.15) is 11.8 Å². The molecule has 236 valence electrons. The molecule has 1 saturated carbocycles. The Labute approximate surface area is 270 Å². The molecular formula is C33H39Cl2N3O5S. The van der Waals surface area contributed by atoms with Crippen molar-refractivity contribution in [1.29, 1.82) is 0 Å². The van der Waals surface area contributed by atoms with Gasteiger partial charge in [-0.15, -0.1) is 0 Å². The second-order valence-corrected chi connectivity index (χ2v) is 13.8. The second-order valence-electron chi connectivity index (χ2n) is 11.1. The Morgan fingerprint density at radius 3 is 2.30 bits per heavy atom. The Morgan fingerprint density at radius 1 is 0.977 bits per heavy atom. The average molecular weight is 661 g/mol. The van der Waals surface area contributed by atoms with Gasteiger partial charge in [-0.1, -0.05) is 84.6 Å². The lowest BCUT2D eigenvalue weighted by molar-refractivity contribution is -0.141. The summed E-state index contributed by atoms with van der Waals surface area (Å²) >= 11 is 12.8. The fraction of sp³-hybridized carbons (Fsp3) is 0.394. The van der Waals surface area contributed by atoms with Gasteiger partial charge in [0.05, 0.1) is 24.1 Å². The smallest absolute Gasteiger partial charge is 0.243 e. The van der Waals surface area contributed by atoms with E-state index in [9.17, 15) is 18.0 Å². The Hall–Kier alpha value is -3.27. The molecule has 1 atom stereocenters. The van der Waals surface area contributed by atoms with Crippen LogP contribution in [0, 0.1) is 0 Å². The summed E-state index contributed by atoms with van der Waals surface area (Å²) in [6, 6.07) is 20.9. The van der Waals surface area contributed by atoms with Gasteiger partial charge in [-0.25, -0.2) is 8.42 Å². The van der Waals surface area contributed by atoms with Gasteiger partial charge in [0.2, 0.25) is 21.8 Å². The van der Waals surface area contributed by atoms with Crippen molar-refractivity contribution in [2.75, 3.05) is 24.2 Å². The van der Waals surface area contributed by atoms with E-state index in [1.807, 2.05) is 48.5 Å². The van der Waals surface area contributed by atoms with Crippen molar-refractivity contribution in [3.8, 4) is 5.75 Å². The van der Waals surface area contributed by atoms with Crippen molar-refractivity contribution in [1.82, 2.24) is 10.2 Å². The summed E-state index contributed by atoms with van der Waals surface area (Å²) in [5, 5.41) is 3.96. The summed E-state index contributed by atoms with van der Waals surface area (Å²) in [6.07, 6.45) is 5.63. The Bertz CT molecular complexity index is 1530. The van der Waals surface area contributed by atoms with Crippen LogP contribution in [0.3, 0.4) is 0 Å². The van der Waals surface area contributed by atoms with Crippen molar-refractivity contribution < 1.29 is 22.7 Å². The zero-order valence-electron chi connectivity index (χ0n) is 25.0. The number of carbonyl (C=O) groups is 2. The maximum Gasteiger partial charge on any atom is 0.243 e. The molecule has 1 aliphatic rings.